The fraction of sp³-hybridized carbons (Fsp3) is 0.381. The molecule has 0 aliphatic carbocycles. The van der Waals surface area contributed by atoms with Crippen molar-refractivity contribution in [2.45, 2.75) is 44.0 Å². The van der Waals surface area contributed by atoms with Crippen LogP contribution in [0.2, 0.25) is 0 Å². The Morgan fingerprint density at radius 2 is 2.00 bits per heavy atom. The van der Waals surface area contributed by atoms with Crippen molar-refractivity contribution in [3.63, 3.8) is 0 Å². The maximum Gasteiger partial charge on any atom is 0.242 e. The molecule has 0 saturated heterocycles. The van der Waals surface area contributed by atoms with E-state index in [1.807, 2.05) is 6.07 Å². The average molecular weight is 430 g/mol. The molecule has 8 nitrogen and oxygen atoms in total. The van der Waals surface area contributed by atoms with Gasteiger partial charge in [-0.15, -0.1) is 0 Å². The van der Waals surface area contributed by atoms with Crippen LogP contribution in [0.4, 0.5) is 5.82 Å². The second-order valence-corrected chi connectivity index (χ2v) is 9.39. The number of hydrogen-bond acceptors (Lipinski definition) is 5. The van der Waals surface area contributed by atoms with Gasteiger partial charge >= 0.3 is 0 Å². The quantitative estimate of drug-likeness (QED) is 0.564. The largest absolute Gasteiger partial charge is 0.328 e. The highest BCUT2D eigenvalue weighted by atomic mass is 32.2. The van der Waals surface area contributed by atoms with Crippen LogP contribution in [0.15, 0.2) is 47.5 Å². The molecule has 30 heavy (non-hydrogen) atoms. The number of pyridine rings is 1. The molecule has 160 valence electrons. The number of imidazole rings is 1. The smallest absolute Gasteiger partial charge is 0.242 e. The van der Waals surface area contributed by atoms with Crippen molar-refractivity contribution >= 4 is 32.8 Å². The second-order valence-electron chi connectivity index (χ2n) is 7.23. The first-order valence-corrected chi connectivity index (χ1v) is 11.4. The molecule has 1 amide bonds. The lowest BCUT2D eigenvalue weighted by atomic mass is 10.2. The fourth-order valence-corrected chi connectivity index (χ4v) is 4.08. The summed E-state index contributed by atoms with van der Waals surface area (Å²) in [4.78, 5) is 21.3. The number of carbonyl (C=O) groups excluding carboxylic acids is 1. The Labute approximate surface area is 177 Å². The molecular weight excluding hydrogens is 402 g/mol. The van der Waals surface area contributed by atoms with Gasteiger partial charge in [-0.05, 0) is 36.8 Å². The highest BCUT2D eigenvalue weighted by Crippen LogP contribution is 2.23. The first-order chi connectivity index (χ1) is 14.3. The number of fused-ring (bicyclic) bond motifs is 1. The molecule has 1 aromatic carbocycles. The van der Waals surface area contributed by atoms with Gasteiger partial charge in [0, 0.05) is 39.7 Å². The van der Waals surface area contributed by atoms with Gasteiger partial charge in [-0.25, -0.2) is 22.7 Å². The summed E-state index contributed by atoms with van der Waals surface area (Å²) in [7, 11) is -0.526. The number of aromatic nitrogens is 3. The Morgan fingerprint density at radius 3 is 2.67 bits per heavy atom. The van der Waals surface area contributed by atoms with Crippen molar-refractivity contribution in [2.24, 2.45) is 0 Å². The molecule has 2 aromatic heterocycles. The van der Waals surface area contributed by atoms with Crippen LogP contribution in [0.1, 0.15) is 32.0 Å². The maximum absolute atomic E-state index is 12.5. The van der Waals surface area contributed by atoms with Crippen molar-refractivity contribution < 1.29 is 13.2 Å². The Hall–Kier alpha value is -2.78. The molecule has 1 N–H and O–H groups in total. The van der Waals surface area contributed by atoms with Crippen LogP contribution in [0.25, 0.3) is 11.0 Å². The maximum atomic E-state index is 12.5. The number of aryl methyl sites for hydroxylation is 2. The Kier molecular flexibility index (Phi) is 6.84. The number of anilines is 1. The lowest BCUT2D eigenvalue weighted by Gasteiger charge is -2.11. The number of sulfonamides is 1. The van der Waals surface area contributed by atoms with Crippen LogP contribution >= 0.6 is 0 Å². The minimum Gasteiger partial charge on any atom is -0.328 e. The Morgan fingerprint density at radius 1 is 1.20 bits per heavy atom. The molecule has 0 aliphatic heterocycles. The molecule has 3 rings (SSSR count). The lowest BCUT2D eigenvalue weighted by Crippen LogP contribution is -2.22. The monoisotopic (exact) mass is 429 g/mol. The second kappa shape index (κ2) is 9.36. The minimum atomic E-state index is -3.54. The van der Waals surface area contributed by atoms with Crippen LogP contribution < -0.4 is 5.32 Å². The minimum absolute atomic E-state index is 0.140. The summed E-state index contributed by atoms with van der Waals surface area (Å²) in [5.41, 5.74) is 1.50. The highest BCUT2D eigenvalue weighted by Gasteiger charge is 2.20. The molecule has 2 heterocycles. The zero-order valence-corrected chi connectivity index (χ0v) is 18.3. The van der Waals surface area contributed by atoms with Gasteiger partial charge in [0.15, 0.2) is 0 Å². The molecule has 0 spiro atoms. The van der Waals surface area contributed by atoms with Gasteiger partial charge in [-0.3, -0.25) is 4.79 Å². The van der Waals surface area contributed by atoms with Crippen molar-refractivity contribution in [3.05, 3.63) is 48.4 Å². The van der Waals surface area contributed by atoms with Crippen LogP contribution in [0.3, 0.4) is 0 Å². The zero-order chi connectivity index (χ0) is 21.7. The number of rotatable bonds is 9. The summed E-state index contributed by atoms with van der Waals surface area (Å²) in [6.45, 7) is 2.88. The fourth-order valence-electron chi connectivity index (χ4n) is 3.15. The molecule has 0 atom stereocenters. The standard InChI is InChI=1S/C21H27N5O3S/c1-4-5-14-26-18-10-9-16(30(28,29)25(2)3)15-17(18)23-20(26)11-12-21(27)24-19-8-6-7-13-22-19/h6-10,13,15H,4-5,11-12,14H2,1-3H3,(H,22,24,27). The molecule has 3 aromatic rings. The van der Waals surface area contributed by atoms with E-state index < -0.39 is 10.0 Å². The van der Waals surface area contributed by atoms with E-state index in [1.54, 1.807) is 36.5 Å². The van der Waals surface area contributed by atoms with Gasteiger partial charge in [0.25, 0.3) is 0 Å². The summed E-state index contributed by atoms with van der Waals surface area (Å²) < 4.78 is 28.2. The van der Waals surface area contributed by atoms with E-state index in [4.69, 9.17) is 0 Å². The van der Waals surface area contributed by atoms with E-state index in [0.29, 0.717) is 17.8 Å². The number of benzene rings is 1. The van der Waals surface area contributed by atoms with Gasteiger partial charge in [0.1, 0.15) is 11.6 Å². The number of unbranched alkanes of at least 4 members (excludes halogenated alkanes) is 1. The van der Waals surface area contributed by atoms with E-state index in [2.05, 4.69) is 26.8 Å². The summed E-state index contributed by atoms with van der Waals surface area (Å²) in [5, 5.41) is 2.78. The van der Waals surface area contributed by atoms with Crippen LogP contribution in [0.5, 0.6) is 0 Å². The normalized spacial score (nSPS) is 11.9. The molecule has 0 unspecified atom stereocenters. The van der Waals surface area contributed by atoms with Gasteiger partial charge < -0.3 is 9.88 Å². The predicted octanol–water partition coefficient (Wildman–Crippen LogP) is 3.05. The van der Waals surface area contributed by atoms with Crippen molar-refractivity contribution in [1.82, 2.24) is 18.8 Å². The van der Waals surface area contributed by atoms with E-state index >= 15 is 0 Å². The summed E-state index contributed by atoms with van der Waals surface area (Å²) in [6, 6.07) is 10.3. The van der Waals surface area contributed by atoms with Crippen LogP contribution in [0, 0.1) is 0 Å². The first kappa shape index (κ1) is 21.9. The number of nitrogens with zero attached hydrogens (tertiary/aromatic N) is 4. The topological polar surface area (TPSA) is 97.2 Å². The van der Waals surface area contributed by atoms with Crippen molar-refractivity contribution in [2.75, 3.05) is 19.4 Å². The lowest BCUT2D eigenvalue weighted by molar-refractivity contribution is -0.116. The van der Waals surface area contributed by atoms with Gasteiger partial charge in [-0.2, -0.15) is 0 Å². The third-order valence-corrected chi connectivity index (χ3v) is 6.63. The number of carbonyl (C=O) groups is 1. The third-order valence-electron chi connectivity index (χ3n) is 4.82. The van der Waals surface area contributed by atoms with Crippen LogP contribution in [-0.4, -0.2) is 47.3 Å². The molecule has 9 heteroatoms. The Balaban J connectivity index is 1.85. The van der Waals surface area contributed by atoms with Gasteiger partial charge in [0.05, 0.1) is 15.9 Å². The zero-order valence-electron chi connectivity index (χ0n) is 17.5. The van der Waals surface area contributed by atoms with E-state index in [9.17, 15) is 13.2 Å². The summed E-state index contributed by atoms with van der Waals surface area (Å²) in [6.07, 6.45) is 4.32. The third kappa shape index (κ3) is 4.85. The van der Waals surface area contributed by atoms with Crippen molar-refractivity contribution in [3.8, 4) is 0 Å². The number of nitrogens with one attached hydrogen (secondary N) is 1. The molecule has 0 saturated carbocycles. The molecule has 0 aliphatic rings. The molecule has 0 fully saturated rings. The summed E-state index contributed by atoms with van der Waals surface area (Å²) >= 11 is 0. The van der Waals surface area contributed by atoms with Crippen molar-refractivity contribution in [1.29, 1.82) is 0 Å². The Bertz CT molecular complexity index is 1120. The van der Waals surface area contributed by atoms with Crippen LogP contribution in [-0.2, 0) is 27.8 Å². The van der Waals surface area contributed by atoms with E-state index in [1.165, 1.54) is 18.4 Å². The SMILES string of the molecule is CCCCn1c(CCC(=O)Nc2ccccn2)nc2cc(S(=O)(=O)N(C)C)ccc21. The van der Waals surface area contributed by atoms with E-state index in [-0.39, 0.29) is 17.2 Å². The first-order valence-electron chi connectivity index (χ1n) is 9.95. The molecule has 0 radical (unpaired) electrons. The molecule has 0 bridgehead atoms. The average Bonchev–Trinajstić information content (AvgIpc) is 3.08. The van der Waals surface area contributed by atoms with Gasteiger partial charge in [0.2, 0.25) is 15.9 Å². The van der Waals surface area contributed by atoms with E-state index in [0.717, 1.165) is 30.7 Å². The molecular formula is C21H27N5O3S. The number of hydrogen-bond donors (Lipinski definition) is 1. The number of amides is 1. The predicted molar refractivity (Wildman–Crippen MR) is 117 cm³/mol. The van der Waals surface area contributed by atoms with Gasteiger partial charge in [-0.1, -0.05) is 19.4 Å². The summed E-state index contributed by atoms with van der Waals surface area (Å²) in [5.74, 6) is 1.15. The highest BCUT2D eigenvalue weighted by molar-refractivity contribution is 7.89.